The van der Waals surface area contributed by atoms with Gasteiger partial charge in [-0.1, -0.05) is 30.3 Å². The third kappa shape index (κ3) is 5.57. The number of hydrogen-bond acceptors (Lipinski definition) is 5. The molecule has 0 saturated carbocycles. The molecule has 0 bridgehead atoms. The largest absolute Gasteiger partial charge is 0.493 e. The molecule has 31 heavy (non-hydrogen) atoms. The number of esters is 1. The topological polar surface area (TPSA) is 65.1 Å². The highest BCUT2D eigenvalue weighted by molar-refractivity contribution is 5.93. The highest BCUT2D eigenvalue weighted by atomic mass is 16.5. The SMILES string of the molecule is COc1cc(C(=O)O[C@H](C)C(=O)N2[C@H](C)CCC[C@H]2C)ccc1OCc1ccccc1. The molecule has 166 valence electrons. The average Bonchev–Trinajstić information content (AvgIpc) is 2.77. The van der Waals surface area contributed by atoms with Gasteiger partial charge in [-0.25, -0.2) is 4.79 Å². The van der Waals surface area contributed by atoms with Gasteiger partial charge in [0, 0.05) is 12.1 Å². The molecule has 6 heteroatoms. The second-order valence-electron chi connectivity index (χ2n) is 8.06. The Labute approximate surface area is 184 Å². The number of likely N-dealkylation sites (tertiary alicyclic amines) is 1. The van der Waals surface area contributed by atoms with E-state index in [4.69, 9.17) is 14.2 Å². The molecule has 3 rings (SSSR count). The summed E-state index contributed by atoms with van der Waals surface area (Å²) < 4.78 is 16.7. The summed E-state index contributed by atoms with van der Waals surface area (Å²) in [5.74, 6) is 0.250. The Morgan fingerprint density at radius 1 is 1.03 bits per heavy atom. The van der Waals surface area contributed by atoms with Crippen molar-refractivity contribution in [3.05, 3.63) is 59.7 Å². The Morgan fingerprint density at radius 3 is 2.35 bits per heavy atom. The molecule has 1 aliphatic heterocycles. The van der Waals surface area contributed by atoms with Gasteiger partial charge >= 0.3 is 5.97 Å². The molecule has 0 aliphatic carbocycles. The van der Waals surface area contributed by atoms with Crippen LogP contribution < -0.4 is 9.47 Å². The minimum absolute atomic E-state index is 0.150. The predicted octanol–water partition coefficient (Wildman–Crippen LogP) is 4.61. The van der Waals surface area contributed by atoms with E-state index in [1.54, 1.807) is 25.1 Å². The van der Waals surface area contributed by atoms with Gasteiger partial charge in [-0.3, -0.25) is 4.79 Å². The molecule has 0 aromatic heterocycles. The van der Waals surface area contributed by atoms with E-state index in [9.17, 15) is 9.59 Å². The summed E-state index contributed by atoms with van der Waals surface area (Å²) >= 11 is 0. The molecule has 1 fully saturated rings. The van der Waals surface area contributed by atoms with Gasteiger partial charge in [0.1, 0.15) is 6.61 Å². The summed E-state index contributed by atoms with van der Waals surface area (Å²) in [4.78, 5) is 27.4. The van der Waals surface area contributed by atoms with Crippen molar-refractivity contribution in [2.45, 2.75) is 64.8 Å². The van der Waals surface area contributed by atoms with Gasteiger partial charge in [-0.05, 0) is 63.8 Å². The van der Waals surface area contributed by atoms with Crippen LogP contribution in [0.4, 0.5) is 0 Å². The van der Waals surface area contributed by atoms with E-state index in [0.29, 0.717) is 23.7 Å². The molecule has 6 nitrogen and oxygen atoms in total. The lowest BCUT2D eigenvalue weighted by atomic mass is 9.97. The molecule has 0 unspecified atom stereocenters. The average molecular weight is 426 g/mol. The van der Waals surface area contributed by atoms with E-state index in [1.165, 1.54) is 7.11 Å². The highest BCUT2D eigenvalue weighted by Gasteiger charge is 2.33. The van der Waals surface area contributed by atoms with Crippen molar-refractivity contribution < 1.29 is 23.8 Å². The maximum atomic E-state index is 12.9. The molecule has 1 heterocycles. The quantitative estimate of drug-likeness (QED) is 0.606. The van der Waals surface area contributed by atoms with Crippen LogP contribution in [-0.4, -0.2) is 42.1 Å². The Bertz CT molecular complexity index is 888. The first-order chi connectivity index (χ1) is 14.9. The van der Waals surface area contributed by atoms with Crippen molar-refractivity contribution in [1.82, 2.24) is 4.90 Å². The van der Waals surface area contributed by atoms with Crippen LogP contribution in [-0.2, 0) is 16.1 Å². The second kappa shape index (κ2) is 10.3. The van der Waals surface area contributed by atoms with Crippen LogP contribution in [0.5, 0.6) is 11.5 Å². The number of nitrogens with zero attached hydrogens (tertiary/aromatic N) is 1. The number of ether oxygens (including phenoxy) is 3. The first-order valence-corrected chi connectivity index (χ1v) is 10.8. The molecule has 0 radical (unpaired) electrons. The van der Waals surface area contributed by atoms with E-state index in [0.717, 1.165) is 24.8 Å². The number of benzene rings is 2. The van der Waals surface area contributed by atoms with Gasteiger partial charge in [-0.2, -0.15) is 0 Å². The summed E-state index contributed by atoms with van der Waals surface area (Å²) in [6.45, 7) is 6.10. The fourth-order valence-corrected chi connectivity index (χ4v) is 3.99. The van der Waals surface area contributed by atoms with E-state index in [-0.39, 0.29) is 18.0 Å². The van der Waals surface area contributed by atoms with Crippen LogP contribution in [0.3, 0.4) is 0 Å². The fourth-order valence-electron chi connectivity index (χ4n) is 3.99. The Hall–Kier alpha value is -3.02. The Kier molecular flexibility index (Phi) is 7.55. The first-order valence-electron chi connectivity index (χ1n) is 10.8. The second-order valence-corrected chi connectivity index (χ2v) is 8.06. The molecule has 2 aromatic rings. The highest BCUT2D eigenvalue weighted by Crippen LogP contribution is 2.29. The molecule has 0 N–H and O–H groups in total. The zero-order chi connectivity index (χ0) is 22.4. The van der Waals surface area contributed by atoms with Gasteiger partial charge in [0.15, 0.2) is 17.6 Å². The lowest BCUT2D eigenvalue weighted by molar-refractivity contribution is -0.146. The maximum absolute atomic E-state index is 12.9. The number of hydrogen-bond donors (Lipinski definition) is 0. The van der Waals surface area contributed by atoms with Gasteiger partial charge in [0.2, 0.25) is 0 Å². The number of methoxy groups -OCH3 is 1. The zero-order valence-corrected chi connectivity index (χ0v) is 18.7. The van der Waals surface area contributed by atoms with Crippen molar-refractivity contribution in [2.24, 2.45) is 0 Å². The van der Waals surface area contributed by atoms with Gasteiger partial charge in [0.25, 0.3) is 5.91 Å². The molecule has 1 aliphatic rings. The molecule has 3 atom stereocenters. The van der Waals surface area contributed by atoms with Crippen molar-refractivity contribution in [2.75, 3.05) is 7.11 Å². The molecular formula is C25H31NO5. The number of carbonyl (C=O) groups excluding carboxylic acids is 2. The van der Waals surface area contributed by atoms with Crippen LogP contribution in [0.1, 0.15) is 56.0 Å². The van der Waals surface area contributed by atoms with E-state index < -0.39 is 12.1 Å². The Balaban J connectivity index is 1.65. The van der Waals surface area contributed by atoms with Crippen LogP contribution in [0.25, 0.3) is 0 Å². The van der Waals surface area contributed by atoms with E-state index >= 15 is 0 Å². The predicted molar refractivity (Wildman–Crippen MR) is 118 cm³/mol. The normalized spacial score (nSPS) is 19.4. The van der Waals surface area contributed by atoms with Gasteiger partial charge in [0.05, 0.1) is 12.7 Å². The first kappa shape index (κ1) is 22.7. The third-order valence-corrected chi connectivity index (χ3v) is 5.72. The number of amides is 1. The number of rotatable bonds is 7. The zero-order valence-electron chi connectivity index (χ0n) is 18.7. The summed E-state index contributed by atoms with van der Waals surface area (Å²) in [5.41, 5.74) is 1.34. The molecule has 1 saturated heterocycles. The van der Waals surface area contributed by atoms with E-state index in [2.05, 4.69) is 0 Å². The molecule has 0 spiro atoms. The third-order valence-electron chi connectivity index (χ3n) is 5.72. The Morgan fingerprint density at radius 2 is 1.71 bits per heavy atom. The van der Waals surface area contributed by atoms with Crippen molar-refractivity contribution >= 4 is 11.9 Å². The summed E-state index contributed by atoms with van der Waals surface area (Å²) in [6, 6.07) is 15.0. The van der Waals surface area contributed by atoms with Crippen LogP contribution in [0.15, 0.2) is 48.5 Å². The summed E-state index contributed by atoms with van der Waals surface area (Å²) in [7, 11) is 1.52. The maximum Gasteiger partial charge on any atom is 0.339 e. The van der Waals surface area contributed by atoms with E-state index in [1.807, 2.05) is 49.1 Å². The van der Waals surface area contributed by atoms with Crippen molar-refractivity contribution in [3.63, 3.8) is 0 Å². The van der Waals surface area contributed by atoms with Crippen LogP contribution in [0.2, 0.25) is 0 Å². The van der Waals surface area contributed by atoms with Crippen molar-refractivity contribution in [3.8, 4) is 11.5 Å². The standard InChI is InChI=1S/C25H31NO5/c1-17-9-8-10-18(2)26(17)24(27)19(3)31-25(28)21-13-14-22(23(15-21)29-4)30-16-20-11-6-5-7-12-20/h5-7,11-15,17-19H,8-10,16H2,1-4H3/t17-,18-,19-/m1/s1. The van der Waals surface area contributed by atoms with Gasteiger partial charge < -0.3 is 19.1 Å². The lowest BCUT2D eigenvalue weighted by Crippen LogP contribution is -2.51. The summed E-state index contributed by atoms with van der Waals surface area (Å²) in [5, 5.41) is 0. The molecule has 1 amide bonds. The molecular weight excluding hydrogens is 394 g/mol. The smallest absolute Gasteiger partial charge is 0.339 e. The molecule has 2 aromatic carbocycles. The number of piperidine rings is 1. The van der Waals surface area contributed by atoms with Gasteiger partial charge in [-0.15, -0.1) is 0 Å². The number of carbonyl (C=O) groups is 2. The lowest BCUT2D eigenvalue weighted by Gasteiger charge is -2.40. The summed E-state index contributed by atoms with van der Waals surface area (Å²) in [6.07, 6.45) is 2.20. The van der Waals surface area contributed by atoms with Crippen LogP contribution in [0, 0.1) is 0 Å². The minimum atomic E-state index is -0.851. The van der Waals surface area contributed by atoms with Crippen molar-refractivity contribution in [1.29, 1.82) is 0 Å². The minimum Gasteiger partial charge on any atom is -0.493 e. The van der Waals surface area contributed by atoms with Crippen LogP contribution >= 0.6 is 0 Å². The monoisotopic (exact) mass is 425 g/mol. The fraction of sp³-hybridized carbons (Fsp3) is 0.440.